The summed E-state index contributed by atoms with van der Waals surface area (Å²) in [7, 11) is 1.34. The first kappa shape index (κ1) is 19.0. The number of phenols is 1. The molecule has 0 amide bonds. The van der Waals surface area contributed by atoms with Gasteiger partial charge in [-0.15, -0.1) is 4.73 Å². The highest BCUT2D eigenvalue weighted by Gasteiger charge is 2.20. The largest absolute Gasteiger partial charge is 0.508 e. The number of pyridine rings is 1. The maximum absolute atomic E-state index is 13.1. The number of nitrogen functional groups attached to an aromatic ring is 1. The number of phenolic OH excluding ortho intramolecular Hbond substituents is 1. The van der Waals surface area contributed by atoms with E-state index in [0.29, 0.717) is 26.6 Å². The minimum absolute atomic E-state index is 0.0533. The molecule has 4 aromatic rings. The van der Waals surface area contributed by atoms with Gasteiger partial charge in [0, 0.05) is 11.1 Å². The third-order valence-electron chi connectivity index (χ3n) is 4.37. The molecule has 9 heteroatoms. The number of hydrogen-bond acceptors (Lipinski definition) is 6. The number of fused-ring (bicyclic) bond motifs is 1. The van der Waals surface area contributed by atoms with Gasteiger partial charge in [0.05, 0.1) is 21.0 Å². The average molecular weight is 429 g/mol. The second-order valence-corrected chi connectivity index (χ2v) is 6.97. The molecule has 0 radical (unpaired) electrons. The Balaban J connectivity index is 2.05. The lowest BCUT2D eigenvalue weighted by Gasteiger charge is -2.14. The number of nitrogens with zero attached hydrogens (tertiary/aromatic N) is 3. The molecule has 0 aliphatic carbocycles. The van der Waals surface area contributed by atoms with E-state index < -0.39 is 5.56 Å². The maximum Gasteiger partial charge on any atom is 0.293 e. The summed E-state index contributed by atoms with van der Waals surface area (Å²) in [6.45, 7) is 0. The van der Waals surface area contributed by atoms with Gasteiger partial charge in [-0.1, -0.05) is 41.4 Å². The number of nitrogens with two attached hydrogens (primary N) is 1. The van der Waals surface area contributed by atoms with Crippen LogP contribution in [-0.4, -0.2) is 26.9 Å². The van der Waals surface area contributed by atoms with Gasteiger partial charge in [-0.3, -0.25) is 4.79 Å². The number of aromatic nitrogens is 3. The zero-order valence-corrected chi connectivity index (χ0v) is 16.6. The molecule has 0 fully saturated rings. The Bertz CT molecular complexity index is 1300. The van der Waals surface area contributed by atoms with Crippen LogP contribution < -0.4 is 16.1 Å². The van der Waals surface area contributed by atoms with Crippen molar-refractivity contribution in [2.24, 2.45) is 0 Å². The van der Waals surface area contributed by atoms with Gasteiger partial charge >= 0.3 is 0 Å². The van der Waals surface area contributed by atoms with Crippen LogP contribution in [0.2, 0.25) is 10.0 Å². The molecule has 0 spiro atoms. The highest BCUT2D eigenvalue weighted by molar-refractivity contribution is 6.39. The Morgan fingerprint density at radius 2 is 1.76 bits per heavy atom. The molecule has 0 aliphatic heterocycles. The maximum atomic E-state index is 13.1. The van der Waals surface area contributed by atoms with Crippen molar-refractivity contribution in [1.29, 1.82) is 0 Å². The van der Waals surface area contributed by atoms with Gasteiger partial charge in [0.1, 0.15) is 18.7 Å². The summed E-state index contributed by atoms with van der Waals surface area (Å²) in [4.78, 5) is 27.1. The molecule has 4 rings (SSSR count). The van der Waals surface area contributed by atoms with Gasteiger partial charge in [0.2, 0.25) is 0 Å². The van der Waals surface area contributed by atoms with Crippen LogP contribution in [0.1, 0.15) is 0 Å². The Hall–Kier alpha value is -3.29. The summed E-state index contributed by atoms with van der Waals surface area (Å²) in [6.07, 6.45) is 0. The topological polar surface area (TPSA) is 103 Å². The van der Waals surface area contributed by atoms with Gasteiger partial charge in [-0.25, -0.2) is 9.97 Å². The van der Waals surface area contributed by atoms with Crippen LogP contribution in [0.15, 0.2) is 53.3 Å². The Morgan fingerprint density at radius 1 is 1.07 bits per heavy atom. The molecule has 0 aliphatic rings. The second kappa shape index (κ2) is 7.27. The molecule has 0 atom stereocenters. The molecule has 0 bridgehead atoms. The fourth-order valence-corrected chi connectivity index (χ4v) is 3.66. The van der Waals surface area contributed by atoms with Gasteiger partial charge in [-0.05, 0) is 30.3 Å². The van der Waals surface area contributed by atoms with Gasteiger partial charge in [-0.2, -0.15) is 0 Å². The minimum Gasteiger partial charge on any atom is -0.508 e. The standard InChI is InChI=1S/C20H14Cl2N4O3/c1-29-26-19-13(9-12(20(26)28)16-14(21)6-3-7-15(16)22)17(23)24-18(25-19)10-4-2-5-11(27)8-10/h2-9,27H,1H3,(H2,23,24,25). The van der Waals surface area contributed by atoms with Crippen LogP contribution in [0.25, 0.3) is 33.5 Å². The lowest BCUT2D eigenvalue weighted by molar-refractivity contribution is 0.168. The van der Waals surface area contributed by atoms with Gasteiger partial charge in [0.15, 0.2) is 11.5 Å². The molecule has 2 aromatic carbocycles. The van der Waals surface area contributed by atoms with E-state index >= 15 is 0 Å². The van der Waals surface area contributed by atoms with E-state index in [-0.39, 0.29) is 28.6 Å². The molecule has 7 nitrogen and oxygen atoms in total. The molecule has 2 aromatic heterocycles. The number of benzene rings is 2. The zero-order chi connectivity index (χ0) is 20.7. The first-order valence-electron chi connectivity index (χ1n) is 8.42. The number of halogens is 2. The lowest BCUT2D eigenvalue weighted by Crippen LogP contribution is -2.27. The van der Waals surface area contributed by atoms with Crippen molar-refractivity contribution in [3.05, 3.63) is 68.9 Å². The number of hydrogen-bond donors (Lipinski definition) is 2. The minimum atomic E-state index is -0.505. The highest BCUT2D eigenvalue weighted by atomic mass is 35.5. The summed E-state index contributed by atoms with van der Waals surface area (Å²) in [5.74, 6) is 0.417. The highest BCUT2D eigenvalue weighted by Crippen LogP contribution is 2.34. The smallest absolute Gasteiger partial charge is 0.293 e. The third-order valence-corrected chi connectivity index (χ3v) is 5.00. The van der Waals surface area contributed by atoms with Crippen molar-refractivity contribution in [3.63, 3.8) is 0 Å². The fraction of sp³-hybridized carbons (Fsp3) is 0.0500. The molecular formula is C20H14Cl2N4O3. The number of rotatable bonds is 3. The fourth-order valence-electron chi connectivity index (χ4n) is 3.06. The van der Waals surface area contributed by atoms with E-state index in [1.807, 2.05) is 0 Å². The molecule has 3 N–H and O–H groups in total. The SMILES string of the molecule is COn1c(=O)c(-c2c(Cl)cccc2Cl)cc2c(N)nc(-c3cccc(O)c3)nc21. The Morgan fingerprint density at radius 3 is 2.41 bits per heavy atom. The van der Waals surface area contributed by atoms with Gasteiger partial charge < -0.3 is 15.7 Å². The quantitative estimate of drug-likeness (QED) is 0.514. The average Bonchev–Trinajstić information content (AvgIpc) is 2.68. The van der Waals surface area contributed by atoms with E-state index in [1.165, 1.54) is 19.2 Å². The van der Waals surface area contributed by atoms with Crippen LogP contribution in [0.3, 0.4) is 0 Å². The van der Waals surface area contributed by atoms with Crippen molar-refractivity contribution in [2.45, 2.75) is 0 Å². The molecular weight excluding hydrogens is 415 g/mol. The van der Waals surface area contributed by atoms with E-state index in [1.54, 1.807) is 36.4 Å². The zero-order valence-electron chi connectivity index (χ0n) is 15.1. The molecule has 2 heterocycles. The van der Waals surface area contributed by atoms with Crippen LogP contribution in [0.5, 0.6) is 5.75 Å². The molecule has 29 heavy (non-hydrogen) atoms. The summed E-state index contributed by atoms with van der Waals surface area (Å²) >= 11 is 12.6. The predicted octanol–water partition coefficient (Wildman–Crippen LogP) is 3.78. The summed E-state index contributed by atoms with van der Waals surface area (Å²) in [5.41, 5.74) is 6.95. The Kier molecular flexibility index (Phi) is 4.77. The Labute approximate surface area is 174 Å². The molecule has 146 valence electrons. The number of aromatic hydroxyl groups is 1. The molecule has 0 saturated carbocycles. The van der Waals surface area contributed by atoms with E-state index in [2.05, 4.69) is 9.97 Å². The van der Waals surface area contributed by atoms with Crippen molar-refractivity contribution in [1.82, 2.24) is 14.7 Å². The van der Waals surface area contributed by atoms with E-state index in [4.69, 9.17) is 33.8 Å². The third kappa shape index (κ3) is 3.24. The van der Waals surface area contributed by atoms with Crippen LogP contribution in [-0.2, 0) is 0 Å². The van der Waals surface area contributed by atoms with Gasteiger partial charge in [0.25, 0.3) is 5.56 Å². The summed E-state index contributed by atoms with van der Waals surface area (Å²) in [5, 5.41) is 10.7. The molecule has 0 unspecified atom stereocenters. The monoisotopic (exact) mass is 428 g/mol. The number of anilines is 1. The van der Waals surface area contributed by atoms with Crippen LogP contribution in [0, 0.1) is 0 Å². The predicted molar refractivity (Wildman–Crippen MR) is 113 cm³/mol. The van der Waals surface area contributed by atoms with E-state index in [9.17, 15) is 9.90 Å². The van der Waals surface area contributed by atoms with Crippen molar-refractivity contribution < 1.29 is 9.94 Å². The summed E-state index contributed by atoms with van der Waals surface area (Å²) < 4.78 is 1.01. The van der Waals surface area contributed by atoms with Crippen LogP contribution >= 0.6 is 23.2 Å². The first-order chi connectivity index (χ1) is 13.9. The van der Waals surface area contributed by atoms with E-state index in [0.717, 1.165) is 4.73 Å². The first-order valence-corrected chi connectivity index (χ1v) is 9.18. The second-order valence-electron chi connectivity index (χ2n) is 6.16. The lowest BCUT2D eigenvalue weighted by atomic mass is 10.1. The van der Waals surface area contributed by atoms with Crippen LogP contribution in [0.4, 0.5) is 5.82 Å². The van der Waals surface area contributed by atoms with Crippen molar-refractivity contribution in [3.8, 4) is 28.3 Å². The summed E-state index contributed by atoms with van der Waals surface area (Å²) in [6, 6.07) is 12.9. The normalized spacial score (nSPS) is 11.0. The van der Waals surface area contributed by atoms with Crippen molar-refractivity contribution in [2.75, 3.05) is 12.8 Å². The molecule has 0 saturated heterocycles. The van der Waals surface area contributed by atoms with Crippen molar-refractivity contribution >= 4 is 40.1 Å².